The first kappa shape index (κ1) is 20.1. The number of ether oxygens (including phenoxy) is 2. The van der Waals surface area contributed by atoms with Gasteiger partial charge in [-0.2, -0.15) is 0 Å². The maximum absolute atomic E-state index is 13.6. The summed E-state index contributed by atoms with van der Waals surface area (Å²) in [4.78, 5) is 32.9. The zero-order chi connectivity index (χ0) is 22.4. The topological polar surface area (TPSA) is 81.9 Å². The molecule has 0 radical (unpaired) electrons. The number of amides is 1. The Hall–Kier alpha value is -3.84. The van der Waals surface area contributed by atoms with Crippen LogP contribution in [-0.2, 0) is 0 Å². The molecule has 1 amide bonds. The molecule has 32 heavy (non-hydrogen) atoms. The summed E-state index contributed by atoms with van der Waals surface area (Å²) in [5, 5.41) is 0.704. The van der Waals surface area contributed by atoms with E-state index in [-0.39, 0.29) is 16.8 Å². The van der Waals surface area contributed by atoms with Crippen molar-refractivity contribution in [3.63, 3.8) is 0 Å². The molecule has 1 atom stereocenters. The molecule has 2 aromatic carbocycles. The van der Waals surface area contributed by atoms with Crippen LogP contribution in [0.4, 0.5) is 5.82 Å². The summed E-state index contributed by atoms with van der Waals surface area (Å²) in [5.74, 6) is 0.926. The van der Waals surface area contributed by atoms with Gasteiger partial charge < -0.3 is 13.9 Å². The Labute approximate surface area is 187 Å². The van der Waals surface area contributed by atoms with Gasteiger partial charge >= 0.3 is 0 Å². The zero-order valence-electron chi connectivity index (χ0n) is 17.2. The maximum Gasteiger partial charge on any atom is 0.296 e. The fourth-order valence-corrected chi connectivity index (χ4v) is 4.19. The smallest absolute Gasteiger partial charge is 0.296 e. The Morgan fingerprint density at radius 1 is 1.00 bits per heavy atom. The first-order valence-electron chi connectivity index (χ1n) is 9.76. The number of methoxy groups -OCH3 is 2. The van der Waals surface area contributed by atoms with Crippen LogP contribution in [0, 0.1) is 0 Å². The van der Waals surface area contributed by atoms with Crippen LogP contribution in [0.2, 0.25) is 5.02 Å². The second kappa shape index (κ2) is 7.69. The fraction of sp³-hybridized carbons (Fsp3) is 0.125. The maximum atomic E-state index is 13.6. The third kappa shape index (κ3) is 3.01. The number of halogens is 1. The highest BCUT2D eigenvalue weighted by molar-refractivity contribution is 6.31. The Morgan fingerprint density at radius 3 is 2.53 bits per heavy atom. The summed E-state index contributed by atoms with van der Waals surface area (Å²) in [7, 11) is 3.06. The van der Waals surface area contributed by atoms with Crippen LogP contribution in [-0.4, -0.2) is 25.1 Å². The van der Waals surface area contributed by atoms with Crippen molar-refractivity contribution in [1.82, 2.24) is 4.98 Å². The van der Waals surface area contributed by atoms with E-state index >= 15 is 0 Å². The molecule has 1 aliphatic rings. The van der Waals surface area contributed by atoms with Crippen molar-refractivity contribution in [2.45, 2.75) is 6.04 Å². The van der Waals surface area contributed by atoms with Gasteiger partial charge in [0.05, 0.1) is 31.2 Å². The van der Waals surface area contributed by atoms with Crippen LogP contribution < -0.4 is 19.8 Å². The van der Waals surface area contributed by atoms with E-state index in [4.69, 9.17) is 25.5 Å². The van der Waals surface area contributed by atoms with Gasteiger partial charge in [-0.05, 0) is 48.0 Å². The van der Waals surface area contributed by atoms with Crippen LogP contribution in [0.15, 0.2) is 70.0 Å². The number of aromatic nitrogens is 1. The minimum Gasteiger partial charge on any atom is -0.493 e. The molecule has 7 nitrogen and oxygen atoms in total. The lowest BCUT2D eigenvalue weighted by atomic mass is 9.98. The van der Waals surface area contributed by atoms with E-state index in [1.54, 1.807) is 60.8 Å². The molecule has 3 heterocycles. The first-order valence-corrected chi connectivity index (χ1v) is 10.1. The van der Waals surface area contributed by atoms with Crippen molar-refractivity contribution >= 4 is 34.3 Å². The normalized spacial score (nSPS) is 15.2. The number of hydrogen-bond donors (Lipinski definition) is 0. The molecule has 0 bridgehead atoms. The molecular formula is C24H17ClN2O5. The average molecular weight is 449 g/mol. The van der Waals surface area contributed by atoms with Crippen LogP contribution >= 0.6 is 11.6 Å². The van der Waals surface area contributed by atoms with Crippen molar-refractivity contribution < 1.29 is 18.7 Å². The highest BCUT2D eigenvalue weighted by Gasteiger charge is 2.44. The highest BCUT2D eigenvalue weighted by Crippen LogP contribution is 2.42. The second-order valence-electron chi connectivity index (χ2n) is 7.19. The molecule has 0 spiro atoms. The van der Waals surface area contributed by atoms with Crippen LogP contribution in [0.1, 0.15) is 27.7 Å². The lowest BCUT2D eigenvalue weighted by Crippen LogP contribution is -2.30. The predicted octanol–water partition coefficient (Wildman–Crippen LogP) is 4.61. The predicted molar refractivity (Wildman–Crippen MR) is 120 cm³/mol. The van der Waals surface area contributed by atoms with Crippen LogP contribution in [0.5, 0.6) is 11.5 Å². The number of carbonyl (C=O) groups excluding carboxylic acids is 1. The molecule has 0 aliphatic carbocycles. The summed E-state index contributed by atoms with van der Waals surface area (Å²) in [5.41, 5.74) is 0.840. The number of rotatable bonds is 4. The molecule has 0 saturated carbocycles. The lowest BCUT2D eigenvalue weighted by Gasteiger charge is -2.24. The number of pyridine rings is 1. The van der Waals surface area contributed by atoms with Gasteiger partial charge in [0.25, 0.3) is 5.91 Å². The standard InChI is InChI=1S/C24H17ClN2O5/c1-30-17-8-6-13(11-18(17)31-2)21-20-22(28)15-12-14(25)7-9-16(15)32-23(20)24(29)27(21)19-5-3-4-10-26-19/h3-12,21H,1-2H3. The van der Waals surface area contributed by atoms with Gasteiger partial charge in [-0.15, -0.1) is 0 Å². The fourth-order valence-electron chi connectivity index (χ4n) is 4.02. The molecular weight excluding hydrogens is 432 g/mol. The first-order chi connectivity index (χ1) is 15.5. The molecule has 1 unspecified atom stereocenters. The number of hydrogen-bond acceptors (Lipinski definition) is 6. The van der Waals surface area contributed by atoms with Crippen molar-refractivity contribution in [2.75, 3.05) is 19.1 Å². The number of benzene rings is 2. The number of fused-ring (bicyclic) bond motifs is 2. The van der Waals surface area contributed by atoms with Gasteiger partial charge in [-0.1, -0.05) is 23.7 Å². The van der Waals surface area contributed by atoms with Crippen molar-refractivity contribution in [2.24, 2.45) is 0 Å². The third-order valence-electron chi connectivity index (χ3n) is 5.45. The summed E-state index contributed by atoms with van der Waals surface area (Å²) in [6.07, 6.45) is 1.59. The van der Waals surface area contributed by atoms with E-state index in [1.807, 2.05) is 0 Å². The van der Waals surface area contributed by atoms with Crippen molar-refractivity contribution in [1.29, 1.82) is 0 Å². The second-order valence-corrected chi connectivity index (χ2v) is 7.63. The Balaban J connectivity index is 1.82. The molecule has 0 fully saturated rings. The minimum atomic E-state index is -0.771. The van der Waals surface area contributed by atoms with Crippen LogP contribution in [0.25, 0.3) is 11.0 Å². The summed E-state index contributed by atoms with van der Waals surface area (Å²) >= 11 is 6.12. The SMILES string of the molecule is COc1ccc(C2c3c(oc4ccc(Cl)cc4c3=O)C(=O)N2c2ccccn2)cc1OC. The van der Waals surface area contributed by atoms with Gasteiger partial charge in [0.1, 0.15) is 11.4 Å². The molecule has 160 valence electrons. The van der Waals surface area contributed by atoms with E-state index < -0.39 is 11.9 Å². The van der Waals surface area contributed by atoms with Gasteiger partial charge in [-0.25, -0.2) is 4.98 Å². The van der Waals surface area contributed by atoms with Gasteiger partial charge in [0.2, 0.25) is 5.76 Å². The van der Waals surface area contributed by atoms with E-state index in [0.717, 1.165) is 0 Å². The van der Waals surface area contributed by atoms with E-state index in [9.17, 15) is 9.59 Å². The number of anilines is 1. The lowest BCUT2D eigenvalue weighted by molar-refractivity contribution is 0.0970. The Morgan fingerprint density at radius 2 is 1.81 bits per heavy atom. The molecule has 4 aromatic rings. The van der Waals surface area contributed by atoms with Gasteiger partial charge in [0.15, 0.2) is 16.9 Å². The van der Waals surface area contributed by atoms with E-state index in [1.165, 1.54) is 19.1 Å². The van der Waals surface area contributed by atoms with Crippen molar-refractivity contribution in [3.8, 4) is 11.5 Å². The van der Waals surface area contributed by atoms with E-state index in [0.29, 0.717) is 38.9 Å². The quantitative estimate of drug-likeness (QED) is 0.453. The summed E-state index contributed by atoms with van der Waals surface area (Å²) < 4.78 is 16.7. The van der Waals surface area contributed by atoms with E-state index in [2.05, 4.69) is 4.98 Å². The summed E-state index contributed by atoms with van der Waals surface area (Å²) in [6, 6.07) is 14.5. The minimum absolute atomic E-state index is 0.0183. The number of carbonyl (C=O) groups is 1. The summed E-state index contributed by atoms with van der Waals surface area (Å²) in [6.45, 7) is 0. The van der Waals surface area contributed by atoms with Crippen molar-refractivity contribution in [3.05, 3.63) is 92.9 Å². The zero-order valence-corrected chi connectivity index (χ0v) is 17.9. The Kier molecular flexibility index (Phi) is 4.83. The Bertz CT molecular complexity index is 1420. The number of nitrogens with zero attached hydrogens (tertiary/aromatic N) is 2. The van der Waals surface area contributed by atoms with Gasteiger partial charge in [0, 0.05) is 11.2 Å². The largest absolute Gasteiger partial charge is 0.493 e. The molecule has 8 heteroatoms. The average Bonchev–Trinajstić information content (AvgIpc) is 3.12. The molecule has 0 N–H and O–H groups in total. The molecule has 5 rings (SSSR count). The van der Waals surface area contributed by atoms with Gasteiger partial charge in [-0.3, -0.25) is 14.5 Å². The highest BCUT2D eigenvalue weighted by atomic mass is 35.5. The molecule has 1 aliphatic heterocycles. The molecule has 0 saturated heterocycles. The van der Waals surface area contributed by atoms with Crippen LogP contribution in [0.3, 0.4) is 0 Å². The molecule has 2 aromatic heterocycles. The third-order valence-corrected chi connectivity index (χ3v) is 5.69. The monoisotopic (exact) mass is 448 g/mol.